The fourth-order valence-corrected chi connectivity index (χ4v) is 5.38. The molecule has 1 aromatic carbocycles. The normalized spacial score (nSPS) is 12.0. The van der Waals surface area contributed by atoms with Crippen molar-refractivity contribution < 1.29 is 12.8 Å². The van der Waals surface area contributed by atoms with Gasteiger partial charge in [0, 0.05) is 22.9 Å². The lowest BCUT2D eigenvalue weighted by Gasteiger charge is -2.04. The van der Waals surface area contributed by atoms with Crippen LogP contribution in [0.15, 0.2) is 45.3 Å². The molecule has 3 rings (SSSR count). The lowest BCUT2D eigenvalue weighted by atomic mass is 10.2. The summed E-state index contributed by atoms with van der Waals surface area (Å²) >= 11 is 2.67. The van der Waals surface area contributed by atoms with Crippen molar-refractivity contribution in [1.82, 2.24) is 9.71 Å². The smallest absolute Gasteiger partial charge is 0.241 e. The average Bonchev–Trinajstić information content (AvgIpc) is 3.23. The third kappa shape index (κ3) is 4.33. The van der Waals surface area contributed by atoms with Crippen molar-refractivity contribution in [2.75, 3.05) is 0 Å². The van der Waals surface area contributed by atoms with Gasteiger partial charge in [-0.3, -0.25) is 0 Å². The molecular weight excluding hydrogens is 379 g/mol. The molecule has 3 aromatic rings. The zero-order valence-corrected chi connectivity index (χ0v) is 16.1. The first-order valence-corrected chi connectivity index (χ1v) is 10.9. The molecule has 0 radical (unpaired) electrons. The summed E-state index contributed by atoms with van der Waals surface area (Å²) in [6.45, 7) is 4.26. The maximum atomic E-state index is 12.9. The first kappa shape index (κ1) is 18.2. The van der Waals surface area contributed by atoms with Gasteiger partial charge in [-0.2, -0.15) is 0 Å². The first-order valence-electron chi connectivity index (χ1n) is 7.63. The van der Waals surface area contributed by atoms with E-state index in [2.05, 4.69) is 23.6 Å². The summed E-state index contributed by atoms with van der Waals surface area (Å²) in [5.41, 5.74) is 2.51. The number of rotatable bonds is 6. The average molecular weight is 397 g/mol. The molecule has 0 amide bonds. The predicted octanol–water partition coefficient (Wildman–Crippen LogP) is 4.61. The highest BCUT2D eigenvalue weighted by Crippen LogP contribution is 2.32. The Bertz CT molecular complexity index is 960. The molecule has 4 nitrogen and oxygen atoms in total. The van der Waals surface area contributed by atoms with Crippen LogP contribution >= 0.6 is 22.7 Å². The van der Waals surface area contributed by atoms with Gasteiger partial charge in [-0.25, -0.2) is 22.5 Å². The van der Waals surface area contributed by atoms with Gasteiger partial charge in [-0.15, -0.1) is 22.7 Å². The minimum atomic E-state index is -3.61. The fourth-order valence-electron chi connectivity index (χ4n) is 2.11. The van der Waals surface area contributed by atoms with E-state index >= 15 is 0 Å². The minimum Gasteiger partial charge on any atom is -0.241 e. The number of hydrogen-bond acceptors (Lipinski definition) is 5. The van der Waals surface area contributed by atoms with Gasteiger partial charge in [0.15, 0.2) is 0 Å². The molecular formula is C17H17FN2O2S3. The van der Waals surface area contributed by atoms with Crippen LogP contribution in [-0.4, -0.2) is 13.4 Å². The molecule has 1 N–H and O–H groups in total. The van der Waals surface area contributed by atoms with Crippen molar-refractivity contribution in [2.45, 2.75) is 30.5 Å². The third-order valence-corrected chi connectivity index (χ3v) is 7.33. The summed E-state index contributed by atoms with van der Waals surface area (Å²) in [7, 11) is -3.61. The van der Waals surface area contributed by atoms with E-state index in [1.54, 1.807) is 23.6 Å². The van der Waals surface area contributed by atoms with E-state index in [0.717, 1.165) is 27.6 Å². The van der Waals surface area contributed by atoms with Gasteiger partial charge >= 0.3 is 0 Å². The number of thiazole rings is 1. The number of benzene rings is 1. The summed E-state index contributed by atoms with van der Waals surface area (Å²) in [5, 5.41) is 4.62. The second-order valence-corrected chi connectivity index (χ2v) is 9.60. The molecule has 0 aliphatic heterocycles. The maximum absolute atomic E-state index is 12.9. The highest BCUT2D eigenvalue weighted by molar-refractivity contribution is 7.91. The highest BCUT2D eigenvalue weighted by atomic mass is 32.2. The quantitative estimate of drug-likeness (QED) is 0.662. The number of hydrogen-bond donors (Lipinski definition) is 1. The fraction of sp³-hybridized carbons (Fsp3) is 0.235. The van der Waals surface area contributed by atoms with Gasteiger partial charge in [0.2, 0.25) is 10.0 Å². The molecule has 25 heavy (non-hydrogen) atoms. The zero-order valence-electron chi connectivity index (χ0n) is 13.7. The topological polar surface area (TPSA) is 59.1 Å². The second kappa shape index (κ2) is 7.33. The Balaban J connectivity index is 1.74. The Kier molecular flexibility index (Phi) is 5.33. The van der Waals surface area contributed by atoms with Gasteiger partial charge in [0.25, 0.3) is 0 Å². The van der Waals surface area contributed by atoms with Crippen LogP contribution in [0.25, 0.3) is 10.6 Å². The van der Waals surface area contributed by atoms with Gasteiger partial charge < -0.3 is 0 Å². The molecule has 0 aliphatic rings. The molecule has 0 saturated heterocycles. The molecule has 0 spiro atoms. The third-order valence-electron chi connectivity index (χ3n) is 3.58. The molecule has 0 aliphatic carbocycles. The summed E-state index contributed by atoms with van der Waals surface area (Å²) in [6.07, 6.45) is 0. The van der Waals surface area contributed by atoms with Crippen LogP contribution in [0.3, 0.4) is 0 Å². The molecule has 2 aromatic heterocycles. The molecule has 2 heterocycles. The number of halogens is 1. The monoisotopic (exact) mass is 396 g/mol. The number of aromatic nitrogens is 1. The van der Waals surface area contributed by atoms with Gasteiger partial charge in [-0.05, 0) is 29.7 Å². The van der Waals surface area contributed by atoms with E-state index < -0.39 is 10.0 Å². The summed E-state index contributed by atoms with van der Waals surface area (Å²) in [4.78, 5) is 4.55. The van der Waals surface area contributed by atoms with Gasteiger partial charge in [0.1, 0.15) is 15.0 Å². The Morgan fingerprint density at radius 2 is 1.88 bits per heavy atom. The van der Waals surface area contributed by atoms with Crippen molar-refractivity contribution in [2.24, 2.45) is 0 Å². The molecule has 0 atom stereocenters. The van der Waals surface area contributed by atoms with Crippen LogP contribution in [0, 0.1) is 5.82 Å². The van der Waals surface area contributed by atoms with E-state index in [0.29, 0.717) is 11.5 Å². The second-order valence-electron chi connectivity index (χ2n) is 5.84. The maximum Gasteiger partial charge on any atom is 0.250 e. The summed E-state index contributed by atoms with van der Waals surface area (Å²) in [6, 6.07) is 7.37. The molecule has 0 unspecified atom stereocenters. The Labute approximate surface area is 154 Å². The number of nitrogens with one attached hydrogen (secondary N) is 1. The largest absolute Gasteiger partial charge is 0.250 e. The van der Waals surface area contributed by atoms with Crippen LogP contribution in [0.2, 0.25) is 0 Å². The molecule has 0 fully saturated rings. The molecule has 0 bridgehead atoms. The van der Waals surface area contributed by atoms with E-state index in [9.17, 15) is 12.8 Å². The predicted molar refractivity (Wildman–Crippen MR) is 99.9 cm³/mol. The standard InChI is InChI=1S/C17H17FN2O2S3/c1-11(2)15-10-24-17(20-15)13-7-16(23-9-13)25(21,22)19-8-12-3-5-14(18)6-4-12/h3-7,9-11,19H,8H2,1-2H3. The van der Waals surface area contributed by atoms with Crippen molar-refractivity contribution in [3.05, 3.63) is 58.2 Å². The Morgan fingerprint density at radius 3 is 2.52 bits per heavy atom. The Hall–Kier alpha value is -1.61. The lowest BCUT2D eigenvalue weighted by molar-refractivity contribution is 0.583. The summed E-state index contributed by atoms with van der Waals surface area (Å²) < 4.78 is 40.6. The van der Waals surface area contributed by atoms with E-state index in [4.69, 9.17) is 0 Å². The van der Waals surface area contributed by atoms with Crippen molar-refractivity contribution in [1.29, 1.82) is 0 Å². The first-order chi connectivity index (χ1) is 11.8. The van der Waals surface area contributed by atoms with Crippen LogP contribution in [-0.2, 0) is 16.6 Å². The van der Waals surface area contributed by atoms with E-state index in [-0.39, 0.29) is 16.6 Å². The van der Waals surface area contributed by atoms with Crippen molar-refractivity contribution >= 4 is 32.7 Å². The lowest BCUT2D eigenvalue weighted by Crippen LogP contribution is -2.22. The van der Waals surface area contributed by atoms with Gasteiger partial charge in [0.05, 0.1) is 5.69 Å². The van der Waals surface area contributed by atoms with Crippen molar-refractivity contribution in [3.63, 3.8) is 0 Å². The molecule has 132 valence electrons. The Morgan fingerprint density at radius 1 is 1.16 bits per heavy atom. The van der Waals surface area contributed by atoms with Crippen LogP contribution < -0.4 is 4.72 Å². The molecule has 0 saturated carbocycles. The van der Waals surface area contributed by atoms with E-state index in [1.165, 1.54) is 23.5 Å². The van der Waals surface area contributed by atoms with Crippen LogP contribution in [0.5, 0.6) is 0 Å². The zero-order chi connectivity index (χ0) is 18.0. The minimum absolute atomic E-state index is 0.116. The van der Waals surface area contributed by atoms with Crippen LogP contribution in [0.4, 0.5) is 4.39 Å². The van der Waals surface area contributed by atoms with E-state index in [1.807, 2.05) is 5.38 Å². The van der Waals surface area contributed by atoms with Crippen molar-refractivity contribution in [3.8, 4) is 10.6 Å². The number of thiophene rings is 1. The SMILES string of the molecule is CC(C)c1csc(-c2csc(S(=O)(=O)NCc3ccc(F)cc3)c2)n1. The van der Waals surface area contributed by atoms with Gasteiger partial charge in [-0.1, -0.05) is 26.0 Å². The number of sulfonamides is 1. The number of nitrogens with zero attached hydrogens (tertiary/aromatic N) is 1. The molecule has 8 heteroatoms. The van der Waals surface area contributed by atoms with Crippen LogP contribution in [0.1, 0.15) is 31.0 Å². The highest BCUT2D eigenvalue weighted by Gasteiger charge is 2.18. The summed E-state index contributed by atoms with van der Waals surface area (Å²) in [5.74, 6) is -0.0112.